The maximum absolute atomic E-state index is 12.4. The smallest absolute Gasteiger partial charge is 0.328 e. The lowest BCUT2D eigenvalue weighted by atomic mass is 9.84. The number of fused-ring (bicyclic) bond motifs is 1. The summed E-state index contributed by atoms with van der Waals surface area (Å²) in [5.74, 6) is 0.689. The lowest BCUT2D eigenvalue weighted by Gasteiger charge is -2.22. The predicted molar refractivity (Wildman–Crippen MR) is 110 cm³/mol. The standard InChI is InChI=1S/C22H28N4O2/c1-2-3-13-28-21-23-14-19-20(25-21)26(22(27)24-19)15-16-9-11-18(12-10-16)17-7-5-4-6-8-17/h9-12,14,17H,2-8,13,15H2,1H3,(H,24,27). The number of rotatable bonds is 7. The average Bonchev–Trinajstić information content (AvgIpc) is 3.04. The highest BCUT2D eigenvalue weighted by atomic mass is 16.5. The van der Waals surface area contributed by atoms with Crippen molar-refractivity contribution in [1.82, 2.24) is 19.5 Å². The SMILES string of the molecule is CCCCOc1ncc2[nH]c(=O)n(Cc3ccc(C4CCCCC4)cc3)c2n1. The van der Waals surface area contributed by atoms with Gasteiger partial charge in [0, 0.05) is 0 Å². The minimum atomic E-state index is -0.175. The molecule has 0 radical (unpaired) electrons. The van der Waals surface area contributed by atoms with Crippen LogP contribution in [0, 0.1) is 0 Å². The molecule has 6 nitrogen and oxygen atoms in total. The Morgan fingerprint density at radius 3 is 2.71 bits per heavy atom. The third-order valence-corrected chi connectivity index (χ3v) is 5.61. The summed E-state index contributed by atoms with van der Waals surface area (Å²) >= 11 is 0. The van der Waals surface area contributed by atoms with Gasteiger partial charge in [0.1, 0.15) is 5.52 Å². The van der Waals surface area contributed by atoms with Gasteiger partial charge in [-0.05, 0) is 36.3 Å². The van der Waals surface area contributed by atoms with Gasteiger partial charge in [-0.1, -0.05) is 56.9 Å². The van der Waals surface area contributed by atoms with Gasteiger partial charge in [0.2, 0.25) is 0 Å². The second kappa shape index (κ2) is 8.59. The zero-order valence-electron chi connectivity index (χ0n) is 16.5. The van der Waals surface area contributed by atoms with Gasteiger partial charge in [-0.15, -0.1) is 0 Å². The molecule has 0 saturated heterocycles. The summed E-state index contributed by atoms with van der Waals surface area (Å²) < 4.78 is 7.25. The van der Waals surface area contributed by atoms with Crippen LogP contribution in [0.3, 0.4) is 0 Å². The molecule has 28 heavy (non-hydrogen) atoms. The highest BCUT2D eigenvalue weighted by Crippen LogP contribution is 2.32. The third kappa shape index (κ3) is 4.11. The summed E-state index contributed by atoms with van der Waals surface area (Å²) in [5.41, 5.74) is 3.55. The van der Waals surface area contributed by atoms with Crippen LogP contribution in [-0.2, 0) is 6.54 Å². The molecule has 1 N–H and O–H groups in total. The molecule has 0 spiro atoms. The highest BCUT2D eigenvalue weighted by Gasteiger charge is 2.16. The Morgan fingerprint density at radius 2 is 1.96 bits per heavy atom. The quantitative estimate of drug-likeness (QED) is 0.617. The number of hydrogen-bond acceptors (Lipinski definition) is 4. The van der Waals surface area contributed by atoms with E-state index < -0.39 is 0 Å². The molecule has 148 valence electrons. The normalized spacial score (nSPS) is 15.2. The van der Waals surface area contributed by atoms with E-state index >= 15 is 0 Å². The van der Waals surface area contributed by atoms with Gasteiger partial charge in [-0.2, -0.15) is 4.98 Å². The fourth-order valence-electron chi connectivity index (χ4n) is 3.97. The van der Waals surface area contributed by atoms with Crippen LogP contribution in [0.1, 0.15) is 68.9 Å². The van der Waals surface area contributed by atoms with E-state index in [2.05, 4.69) is 46.1 Å². The van der Waals surface area contributed by atoms with Crippen molar-refractivity contribution in [2.45, 2.75) is 64.3 Å². The van der Waals surface area contributed by atoms with Crippen LogP contribution in [0.4, 0.5) is 0 Å². The van der Waals surface area contributed by atoms with Crippen molar-refractivity contribution in [3.05, 3.63) is 52.1 Å². The fourth-order valence-corrected chi connectivity index (χ4v) is 3.97. The largest absolute Gasteiger partial charge is 0.463 e. The minimum absolute atomic E-state index is 0.175. The minimum Gasteiger partial charge on any atom is -0.463 e. The van der Waals surface area contributed by atoms with E-state index in [9.17, 15) is 4.79 Å². The Hall–Kier alpha value is -2.63. The Kier molecular flexibility index (Phi) is 5.74. The summed E-state index contributed by atoms with van der Waals surface area (Å²) in [6.45, 7) is 3.17. The van der Waals surface area contributed by atoms with E-state index in [0.29, 0.717) is 36.2 Å². The first-order chi connectivity index (χ1) is 13.7. The molecule has 1 fully saturated rings. The molecule has 6 heteroatoms. The number of benzene rings is 1. The number of aromatic nitrogens is 4. The number of unbranched alkanes of at least 4 members (excludes halogenated alkanes) is 1. The number of imidazole rings is 1. The zero-order valence-corrected chi connectivity index (χ0v) is 16.5. The molecule has 2 heterocycles. The molecular weight excluding hydrogens is 352 g/mol. The maximum atomic E-state index is 12.4. The Bertz CT molecular complexity index is 968. The fraction of sp³-hybridized carbons (Fsp3) is 0.500. The molecule has 1 saturated carbocycles. The summed E-state index contributed by atoms with van der Waals surface area (Å²) in [5, 5.41) is 0. The van der Waals surface area contributed by atoms with E-state index in [-0.39, 0.29) is 5.69 Å². The first-order valence-electron chi connectivity index (χ1n) is 10.4. The summed E-state index contributed by atoms with van der Waals surface area (Å²) in [4.78, 5) is 23.9. The molecule has 0 bridgehead atoms. The summed E-state index contributed by atoms with van der Waals surface area (Å²) in [6, 6.07) is 9.03. The molecule has 2 aromatic heterocycles. The number of aromatic amines is 1. The number of nitrogens with zero attached hydrogens (tertiary/aromatic N) is 3. The lowest BCUT2D eigenvalue weighted by molar-refractivity contribution is 0.286. The van der Waals surface area contributed by atoms with Crippen LogP contribution in [0.25, 0.3) is 11.2 Å². The van der Waals surface area contributed by atoms with Crippen molar-refractivity contribution in [2.24, 2.45) is 0 Å². The molecular formula is C22H28N4O2. The summed E-state index contributed by atoms with van der Waals surface area (Å²) in [7, 11) is 0. The van der Waals surface area contributed by atoms with E-state index in [1.54, 1.807) is 10.8 Å². The Morgan fingerprint density at radius 1 is 1.18 bits per heavy atom. The van der Waals surface area contributed by atoms with Crippen LogP contribution in [0.2, 0.25) is 0 Å². The van der Waals surface area contributed by atoms with E-state index in [1.807, 2.05) is 0 Å². The van der Waals surface area contributed by atoms with Gasteiger partial charge < -0.3 is 9.72 Å². The Labute approximate surface area is 165 Å². The molecule has 0 aliphatic heterocycles. The third-order valence-electron chi connectivity index (χ3n) is 5.61. The first-order valence-corrected chi connectivity index (χ1v) is 10.4. The number of ether oxygens (including phenoxy) is 1. The van der Waals surface area contributed by atoms with Gasteiger partial charge in [0.05, 0.1) is 19.3 Å². The van der Waals surface area contributed by atoms with Crippen molar-refractivity contribution >= 4 is 11.2 Å². The predicted octanol–water partition coefficient (Wildman–Crippen LogP) is 4.39. The van der Waals surface area contributed by atoms with Crippen molar-refractivity contribution in [3.63, 3.8) is 0 Å². The van der Waals surface area contributed by atoms with Crippen LogP contribution < -0.4 is 10.4 Å². The van der Waals surface area contributed by atoms with Gasteiger partial charge in [-0.3, -0.25) is 4.57 Å². The molecule has 1 aromatic carbocycles. The van der Waals surface area contributed by atoms with Crippen LogP contribution >= 0.6 is 0 Å². The second-order valence-corrected chi connectivity index (χ2v) is 7.68. The van der Waals surface area contributed by atoms with E-state index in [4.69, 9.17) is 4.74 Å². The van der Waals surface area contributed by atoms with Gasteiger partial charge >= 0.3 is 11.7 Å². The lowest BCUT2D eigenvalue weighted by Crippen LogP contribution is -2.18. The van der Waals surface area contributed by atoms with Crippen LogP contribution in [-0.4, -0.2) is 26.1 Å². The number of nitrogens with one attached hydrogen (secondary N) is 1. The molecule has 0 unspecified atom stereocenters. The van der Waals surface area contributed by atoms with Crippen molar-refractivity contribution in [1.29, 1.82) is 0 Å². The monoisotopic (exact) mass is 380 g/mol. The van der Waals surface area contributed by atoms with Crippen LogP contribution in [0.15, 0.2) is 35.3 Å². The molecule has 1 aliphatic carbocycles. The van der Waals surface area contributed by atoms with Gasteiger partial charge in [-0.25, -0.2) is 9.78 Å². The van der Waals surface area contributed by atoms with Gasteiger partial charge in [0.25, 0.3) is 0 Å². The van der Waals surface area contributed by atoms with Crippen LogP contribution in [0.5, 0.6) is 6.01 Å². The van der Waals surface area contributed by atoms with Crippen molar-refractivity contribution in [3.8, 4) is 6.01 Å². The molecule has 0 amide bonds. The molecule has 4 rings (SSSR count). The number of H-pyrrole nitrogens is 1. The summed E-state index contributed by atoms with van der Waals surface area (Å²) in [6.07, 6.45) is 10.2. The number of hydrogen-bond donors (Lipinski definition) is 1. The Balaban J connectivity index is 1.54. The highest BCUT2D eigenvalue weighted by molar-refractivity contribution is 5.69. The average molecular weight is 380 g/mol. The van der Waals surface area contributed by atoms with Crippen molar-refractivity contribution in [2.75, 3.05) is 6.61 Å². The second-order valence-electron chi connectivity index (χ2n) is 7.68. The van der Waals surface area contributed by atoms with Crippen molar-refractivity contribution < 1.29 is 4.74 Å². The molecule has 1 aliphatic rings. The maximum Gasteiger partial charge on any atom is 0.328 e. The van der Waals surface area contributed by atoms with Gasteiger partial charge in [0.15, 0.2) is 5.65 Å². The van der Waals surface area contributed by atoms with E-state index in [0.717, 1.165) is 18.4 Å². The van der Waals surface area contributed by atoms with E-state index in [1.165, 1.54) is 37.7 Å². The first kappa shape index (κ1) is 18.7. The topological polar surface area (TPSA) is 72.8 Å². The molecule has 0 atom stereocenters. The zero-order chi connectivity index (χ0) is 19.3. The molecule has 3 aromatic rings.